The van der Waals surface area contributed by atoms with Crippen LogP contribution in [0.15, 0.2) is 14.8 Å². The molecule has 2 heterocycles. The molecule has 0 spiro atoms. The molecule has 0 saturated heterocycles. The lowest BCUT2D eigenvalue weighted by Crippen LogP contribution is -2.39. The minimum Gasteiger partial charge on any atom is -0.370 e. The first-order valence-corrected chi connectivity index (χ1v) is 10.4. The monoisotopic (exact) mass is 390 g/mol. The summed E-state index contributed by atoms with van der Waals surface area (Å²) in [6.45, 7) is 0. The third-order valence-corrected chi connectivity index (χ3v) is 5.49. The molecule has 0 bridgehead atoms. The second-order valence-electron chi connectivity index (χ2n) is 4.77. The van der Waals surface area contributed by atoms with E-state index in [4.69, 9.17) is 16.9 Å². The van der Waals surface area contributed by atoms with E-state index < -0.39 is 10.2 Å². The zero-order chi connectivity index (χ0) is 17.6. The van der Waals surface area contributed by atoms with Crippen LogP contribution in [0, 0.1) is 5.41 Å². The van der Waals surface area contributed by atoms with E-state index in [2.05, 4.69) is 19.7 Å². The Kier molecular flexibility index (Phi) is 6.39. The van der Waals surface area contributed by atoms with Crippen molar-refractivity contribution in [1.29, 1.82) is 5.41 Å². The molecule has 24 heavy (non-hydrogen) atoms. The van der Waals surface area contributed by atoms with Gasteiger partial charge in [-0.05, 0) is 18.6 Å². The summed E-state index contributed by atoms with van der Waals surface area (Å²) in [6.07, 6.45) is 2.13. The van der Waals surface area contributed by atoms with Crippen molar-refractivity contribution in [3.05, 3.63) is 11.1 Å². The molecule has 1 aliphatic heterocycles. The van der Waals surface area contributed by atoms with Gasteiger partial charge in [0.05, 0.1) is 5.69 Å². The van der Waals surface area contributed by atoms with Crippen LogP contribution in [-0.2, 0) is 16.0 Å². The fourth-order valence-electron chi connectivity index (χ4n) is 1.79. The molecule has 0 saturated carbocycles. The van der Waals surface area contributed by atoms with Crippen LogP contribution in [0.25, 0.3) is 0 Å². The summed E-state index contributed by atoms with van der Waals surface area (Å²) in [6, 6.07) is 0. The van der Waals surface area contributed by atoms with Crippen LogP contribution >= 0.6 is 23.1 Å². The van der Waals surface area contributed by atoms with Gasteiger partial charge in [-0.3, -0.25) is 5.41 Å². The van der Waals surface area contributed by atoms with Crippen molar-refractivity contribution in [2.75, 3.05) is 11.1 Å². The molecule has 2 rings (SSSR count). The van der Waals surface area contributed by atoms with Gasteiger partial charge in [0.15, 0.2) is 11.1 Å². The molecule has 0 aromatic carbocycles. The molecule has 0 aliphatic carbocycles. The van der Waals surface area contributed by atoms with E-state index >= 15 is 0 Å². The third-order valence-electron chi connectivity index (χ3n) is 2.69. The summed E-state index contributed by atoms with van der Waals surface area (Å²) in [5, 5.41) is 12.3. The maximum Gasteiger partial charge on any atom is 0.346 e. The van der Waals surface area contributed by atoms with Crippen LogP contribution < -0.4 is 21.5 Å². The average Bonchev–Trinajstić information content (AvgIpc) is 2.87. The molecule has 0 fully saturated rings. The fourth-order valence-corrected chi connectivity index (χ4v) is 4.29. The quantitative estimate of drug-likeness (QED) is 0.243. The topological polar surface area (TPSA) is 172 Å². The number of anilines is 1. The number of guanidine groups is 2. The lowest BCUT2D eigenvalue weighted by Gasteiger charge is -2.10. The van der Waals surface area contributed by atoms with Gasteiger partial charge in [-0.1, -0.05) is 0 Å². The van der Waals surface area contributed by atoms with Gasteiger partial charge in [0, 0.05) is 17.6 Å². The Morgan fingerprint density at radius 2 is 2.25 bits per heavy atom. The number of aliphatic imine (C=N–C) groups is 1. The highest BCUT2D eigenvalue weighted by Crippen LogP contribution is 2.20. The van der Waals surface area contributed by atoms with Crippen LogP contribution in [0.5, 0.6) is 0 Å². The van der Waals surface area contributed by atoms with Gasteiger partial charge in [0.1, 0.15) is 5.84 Å². The molecule has 132 valence electrons. The Bertz CT molecular complexity index is 755. The number of hydrogen-bond donors (Lipinski definition) is 5. The number of unbranched alkanes of at least 4 members (excludes halogenated alkanes) is 1. The van der Waals surface area contributed by atoms with Crippen molar-refractivity contribution in [2.45, 2.75) is 25.0 Å². The van der Waals surface area contributed by atoms with Gasteiger partial charge in [-0.15, -0.1) is 15.7 Å². The van der Waals surface area contributed by atoms with Gasteiger partial charge in [-0.2, -0.15) is 25.2 Å². The van der Waals surface area contributed by atoms with Gasteiger partial charge in [-0.25, -0.2) is 9.71 Å². The molecule has 1 aromatic rings. The lowest BCUT2D eigenvalue weighted by atomic mass is 10.2. The van der Waals surface area contributed by atoms with Crippen LogP contribution in [0.3, 0.4) is 0 Å². The first kappa shape index (κ1) is 18.5. The number of amidine groups is 1. The molecular formula is C11H18N8O2S3. The summed E-state index contributed by atoms with van der Waals surface area (Å²) < 4.78 is 28.2. The number of nitrogens with zero attached hydrogens (tertiary/aromatic N) is 3. The molecule has 1 aromatic heterocycles. The molecule has 13 heteroatoms. The fraction of sp³-hybridized carbons (Fsp3) is 0.455. The van der Waals surface area contributed by atoms with Crippen LogP contribution in [0.1, 0.15) is 25.0 Å². The van der Waals surface area contributed by atoms with E-state index in [9.17, 15) is 8.42 Å². The van der Waals surface area contributed by atoms with E-state index in [1.807, 2.05) is 10.1 Å². The third kappa shape index (κ3) is 6.33. The van der Waals surface area contributed by atoms with Gasteiger partial charge in [0.25, 0.3) is 0 Å². The highest BCUT2D eigenvalue weighted by Gasteiger charge is 2.16. The van der Waals surface area contributed by atoms with Crippen molar-refractivity contribution < 1.29 is 8.42 Å². The van der Waals surface area contributed by atoms with E-state index in [-0.39, 0.29) is 17.8 Å². The molecule has 0 radical (unpaired) electrons. The lowest BCUT2D eigenvalue weighted by molar-refractivity contribution is 0.593. The Labute approximate surface area is 147 Å². The molecule has 0 unspecified atom stereocenters. The van der Waals surface area contributed by atoms with Gasteiger partial charge < -0.3 is 16.8 Å². The normalized spacial score (nSPS) is 16.0. The number of nitrogens with one attached hydrogen (secondary N) is 3. The molecule has 1 aliphatic rings. The molecule has 7 N–H and O–H groups in total. The standard InChI is InChI=1S/C11H18N8O2S3/c12-9(13)17-11-15-7(6-23-11)5-22-4-2-1-3-8-16-10(14)19-24(20,21)18-8/h6H,1-5H2,(H4,12,13,15,17)(H3,14,16,18,19). The number of thiazole rings is 1. The predicted octanol–water partition coefficient (Wildman–Crippen LogP) is 0.413. The zero-order valence-corrected chi connectivity index (χ0v) is 15.1. The van der Waals surface area contributed by atoms with Gasteiger partial charge >= 0.3 is 10.2 Å². The van der Waals surface area contributed by atoms with E-state index in [1.54, 1.807) is 11.8 Å². The number of thioether (sulfide) groups is 1. The highest BCUT2D eigenvalue weighted by atomic mass is 32.2. The SMILES string of the molecule is N=C(N)Nc1nc(CSCCCCC2=NS(=O)(=O)NC(N)=N2)cs1. The highest BCUT2D eigenvalue weighted by molar-refractivity contribution is 7.98. The zero-order valence-electron chi connectivity index (χ0n) is 12.7. The molecular weight excluding hydrogens is 372 g/mol. The summed E-state index contributed by atoms with van der Waals surface area (Å²) in [5.41, 5.74) is 11.6. The minimum absolute atomic E-state index is 0.130. The molecule has 10 nitrogen and oxygen atoms in total. The van der Waals surface area contributed by atoms with E-state index in [0.29, 0.717) is 11.6 Å². The Hall–Kier alpha value is -1.86. The van der Waals surface area contributed by atoms with Crippen molar-refractivity contribution in [2.24, 2.45) is 20.9 Å². The van der Waals surface area contributed by atoms with Crippen molar-refractivity contribution in [3.8, 4) is 0 Å². The first-order chi connectivity index (χ1) is 11.3. The smallest absolute Gasteiger partial charge is 0.346 e. The first-order valence-electron chi connectivity index (χ1n) is 6.93. The number of hydrogen-bond acceptors (Lipinski definition) is 8. The number of rotatable bonds is 8. The Morgan fingerprint density at radius 3 is 2.96 bits per heavy atom. The maximum atomic E-state index is 11.3. The van der Waals surface area contributed by atoms with Crippen LogP contribution in [-0.4, -0.2) is 36.9 Å². The van der Waals surface area contributed by atoms with Crippen molar-refractivity contribution in [3.63, 3.8) is 0 Å². The molecule has 0 amide bonds. The van der Waals surface area contributed by atoms with Crippen LogP contribution in [0.4, 0.5) is 5.13 Å². The summed E-state index contributed by atoms with van der Waals surface area (Å²) in [5.74, 6) is 1.63. The Balaban J connectivity index is 1.64. The van der Waals surface area contributed by atoms with Crippen molar-refractivity contribution >= 4 is 56.2 Å². The minimum atomic E-state index is -3.73. The second kappa shape index (κ2) is 8.30. The summed E-state index contributed by atoms with van der Waals surface area (Å²) in [4.78, 5) is 8.18. The van der Waals surface area contributed by atoms with Crippen LogP contribution in [0.2, 0.25) is 0 Å². The van der Waals surface area contributed by atoms with E-state index in [1.165, 1.54) is 11.3 Å². The molecule has 0 atom stereocenters. The second-order valence-corrected chi connectivity index (χ2v) is 8.07. The van der Waals surface area contributed by atoms with Crippen molar-refractivity contribution in [1.82, 2.24) is 9.71 Å². The van der Waals surface area contributed by atoms with Gasteiger partial charge in [0.2, 0.25) is 5.96 Å². The predicted molar refractivity (Wildman–Crippen MR) is 98.8 cm³/mol. The van der Waals surface area contributed by atoms with E-state index in [0.717, 1.165) is 30.0 Å². The maximum absolute atomic E-state index is 11.3. The number of nitrogens with two attached hydrogens (primary N) is 2. The number of aromatic nitrogens is 1. The summed E-state index contributed by atoms with van der Waals surface area (Å²) in [7, 11) is -3.73. The largest absolute Gasteiger partial charge is 0.370 e. The average molecular weight is 391 g/mol. The Morgan fingerprint density at radius 1 is 1.46 bits per heavy atom. The summed E-state index contributed by atoms with van der Waals surface area (Å²) >= 11 is 3.13.